The van der Waals surface area contributed by atoms with Crippen LogP contribution in [0, 0.1) is 0 Å². The van der Waals surface area contributed by atoms with Crippen molar-refractivity contribution in [2.24, 2.45) is 0 Å². The van der Waals surface area contributed by atoms with Gasteiger partial charge in [0.25, 0.3) is 0 Å². The van der Waals surface area contributed by atoms with E-state index in [0.717, 1.165) is 17.4 Å². The highest BCUT2D eigenvalue weighted by molar-refractivity contribution is 9.10. The SMILES string of the molecule is C[C@@H]1C[C@H](N(C)Cc2ccccc2Br)C(=O)O1. The average Bonchev–Trinajstić information content (AvgIpc) is 2.61. The fourth-order valence-corrected chi connectivity index (χ4v) is 2.51. The van der Waals surface area contributed by atoms with E-state index in [2.05, 4.69) is 22.0 Å². The number of carbonyl (C=O) groups is 1. The van der Waals surface area contributed by atoms with Gasteiger partial charge in [-0.3, -0.25) is 9.69 Å². The minimum atomic E-state index is -0.114. The molecule has 0 N–H and O–H groups in total. The molecule has 3 nitrogen and oxygen atoms in total. The lowest BCUT2D eigenvalue weighted by Crippen LogP contribution is -2.34. The third kappa shape index (κ3) is 2.87. The third-order valence-corrected chi connectivity index (χ3v) is 3.83. The first-order valence-electron chi connectivity index (χ1n) is 5.72. The molecule has 0 spiro atoms. The normalized spacial score (nSPS) is 24.1. The Kier molecular flexibility index (Phi) is 3.84. The van der Waals surface area contributed by atoms with Crippen LogP contribution in [-0.2, 0) is 16.1 Å². The highest BCUT2D eigenvalue weighted by atomic mass is 79.9. The van der Waals surface area contributed by atoms with Crippen molar-refractivity contribution in [1.29, 1.82) is 0 Å². The van der Waals surface area contributed by atoms with Crippen molar-refractivity contribution in [1.82, 2.24) is 4.90 Å². The minimum Gasteiger partial charge on any atom is -0.461 e. The topological polar surface area (TPSA) is 29.5 Å². The Morgan fingerprint density at radius 1 is 1.47 bits per heavy atom. The van der Waals surface area contributed by atoms with Gasteiger partial charge in [0.2, 0.25) is 0 Å². The molecule has 92 valence electrons. The molecule has 1 aliphatic heterocycles. The van der Waals surface area contributed by atoms with Crippen LogP contribution >= 0.6 is 15.9 Å². The van der Waals surface area contributed by atoms with E-state index in [1.165, 1.54) is 5.56 Å². The van der Waals surface area contributed by atoms with Crippen molar-refractivity contribution >= 4 is 21.9 Å². The molecule has 0 aliphatic carbocycles. The van der Waals surface area contributed by atoms with Gasteiger partial charge >= 0.3 is 5.97 Å². The maximum atomic E-state index is 11.6. The molecule has 0 aromatic heterocycles. The van der Waals surface area contributed by atoms with Crippen LogP contribution in [0.15, 0.2) is 28.7 Å². The van der Waals surface area contributed by atoms with Crippen LogP contribution in [-0.4, -0.2) is 30.1 Å². The summed E-state index contributed by atoms with van der Waals surface area (Å²) in [5.74, 6) is -0.105. The Morgan fingerprint density at radius 3 is 2.76 bits per heavy atom. The van der Waals surface area contributed by atoms with Crippen LogP contribution in [0.25, 0.3) is 0 Å². The highest BCUT2D eigenvalue weighted by Gasteiger charge is 2.34. The van der Waals surface area contributed by atoms with E-state index < -0.39 is 0 Å². The maximum Gasteiger partial charge on any atom is 0.323 e. The molecule has 17 heavy (non-hydrogen) atoms. The summed E-state index contributed by atoms with van der Waals surface area (Å²) >= 11 is 3.52. The van der Waals surface area contributed by atoms with Crippen molar-refractivity contribution in [2.45, 2.75) is 32.0 Å². The zero-order chi connectivity index (χ0) is 12.4. The number of cyclic esters (lactones) is 1. The summed E-state index contributed by atoms with van der Waals surface area (Å²) in [6.45, 7) is 2.68. The molecule has 1 aliphatic rings. The summed E-state index contributed by atoms with van der Waals surface area (Å²) in [5, 5.41) is 0. The van der Waals surface area contributed by atoms with Crippen LogP contribution in [0.5, 0.6) is 0 Å². The van der Waals surface area contributed by atoms with Crippen molar-refractivity contribution in [3.05, 3.63) is 34.3 Å². The number of nitrogens with zero attached hydrogens (tertiary/aromatic N) is 1. The molecule has 1 fully saturated rings. The second kappa shape index (κ2) is 5.19. The van der Waals surface area contributed by atoms with Gasteiger partial charge in [-0.25, -0.2) is 0 Å². The number of hydrogen-bond acceptors (Lipinski definition) is 3. The summed E-state index contributed by atoms with van der Waals surface area (Å²) < 4.78 is 6.25. The van der Waals surface area contributed by atoms with Crippen LogP contribution in [0.1, 0.15) is 18.9 Å². The quantitative estimate of drug-likeness (QED) is 0.803. The Bertz CT molecular complexity index is 422. The van der Waals surface area contributed by atoms with E-state index in [1.54, 1.807) is 0 Å². The summed E-state index contributed by atoms with van der Waals surface area (Å²) in [5.41, 5.74) is 1.18. The average molecular weight is 298 g/mol. The number of benzene rings is 1. The lowest BCUT2D eigenvalue weighted by Gasteiger charge is -2.21. The molecule has 0 saturated carbocycles. The van der Waals surface area contributed by atoms with Crippen molar-refractivity contribution < 1.29 is 9.53 Å². The van der Waals surface area contributed by atoms with E-state index in [9.17, 15) is 4.79 Å². The summed E-state index contributed by atoms with van der Waals surface area (Å²) in [7, 11) is 1.96. The predicted octanol–water partition coefficient (Wildman–Crippen LogP) is 2.58. The van der Waals surface area contributed by atoms with E-state index in [1.807, 2.05) is 37.1 Å². The Morgan fingerprint density at radius 2 is 2.18 bits per heavy atom. The molecule has 0 bridgehead atoms. The van der Waals surface area contributed by atoms with Crippen LogP contribution in [0.4, 0.5) is 0 Å². The summed E-state index contributed by atoms with van der Waals surface area (Å²) in [6.07, 6.45) is 0.814. The Balaban J connectivity index is 2.05. The number of carbonyl (C=O) groups excluding carboxylic acids is 1. The van der Waals surface area contributed by atoms with E-state index >= 15 is 0 Å². The second-order valence-corrected chi connectivity index (χ2v) is 5.36. The van der Waals surface area contributed by atoms with Gasteiger partial charge in [-0.15, -0.1) is 0 Å². The smallest absolute Gasteiger partial charge is 0.323 e. The van der Waals surface area contributed by atoms with E-state index in [0.29, 0.717) is 0 Å². The van der Waals surface area contributed by atoms with Gasteiger partial charge in [-0.05, 0) is 25.6 Å². The molecular weight excluding hydrogens is 282 g/mol. The number of esters is 1. The first kappa shape index (κ1) is 12.6. The largest absolute Gasteiger partial charge is 0.461 e. The monoisotopic (exact) mass is 297 g/mol. The van der Waals surface area contributed by atoms with Gasteiger partial charge < -0.3 is 4.74 Å². The third-order valence-electron chi connectivity index (χ3n) is 3.05. The standard InChI is InChI=1S/C13H16BrNO2/c1-9-7-12(13(16)17-9)15(2)8-10-5-3-4-6-11(10)14/h3-6,9,12H,7-8H2,1-2H3/t9-,12+/m1/s1. The predicted molar refractivity (Wildman–Crippen MR) is 69.6 cm³/mol. The number of ether oxygens (including phenoxy) is 1. The van der Waals surface area contributed by atoms with Crippen molar-refractivity contribution in [2.75, 3.05) is 7.05 Å². The Labute approximate surface area is 110 Å². The van der Waals surface area contributed by atoms with Crippen LogP contribution < -0.4 is 0 Å². The fraction of sp³-hybridized carbons (Fsp3) is 0.462. The molecule has 2 atom stereocenters. The van der Waals surface area contributed by atoms with Gasteiger partial charge in [-0.2, -0.15) is 0 Å². The zero-order valence-electron chi connectivity index (χ0n) is 10.0. The van der Waals surface area contributed by atoms with E-state index in [4.69, 9.17) is 4.74 Å². The molecule has 1 aromatic carbocycles. The number of hydrogen-bond donors (Lipinski definition) is 0. The van der Waals surface area contributed by atoms with Gasteiger partial charge in [0, 0.05) is 17.4 Å². The molecule has 1 saturated heterocycles. The minimum absolute atomic E-state index is 0.0363. The molecular formula is C13H16BrNO2. The Hall–Kier alpha value is -0.870. The summed E-state index contributed by atoms with van der Waals surface area (Å²) in [4.78, 5) is 13.7. The van der Waals surface area contributed by atoms with Crippen molar-refractivity contribution in [3.8, 4) is 0 Å². The molecule has 1 aromatic rings. The highest BCUT2D eigenvalue weighted by Crippen LogP contribution is 2.23. The molecule has 0 amide bonds. The van der Waals surface area contributed by atoms with Gasteiger partial charge in [0.05, 0.1) is 0 Å². The second-order valence-electron chi connectivity index (χ2n) is 4.51. The molecule has 1 heterocycles. The first-order valence-corrected chi connectivity index (χ1v) is 6.51. The number of rotatable bonds is 3. The number of halogens is 1. The molecule has 0 radical (unpaired) electrons. The van der Waals surface area contributed by atoms with Crippen LogP contribution in [0.2, 0.25) is 0 Å². The zero-order valence-corrected chi connectivity index (χ0v) is 11.6. The lowest BCUT2D eigenvalue weighted by molar-refractivity contribution is -0.144. The fourth-order valence-electron chi connectivity index (χ4n) is 2.10. The molecule has 2 rings (SSSR count). The van der Waals surface area contributed by atoms with Gasteiger partial charge in [0.15, 0.2) is 0 Å². The molecule has 0 unspecified atom stereocenters. The number of likely N-dealkylation sites (N-methyl/N-ethyl adjacent to an activating group) is 1. The first-order chi connectivity index (χ1) is 8.08. The maximum absolute atomic E-state index is 11.6. The van der Waals surface area contributed by atoms with Gasteiger partial charge in [-0.1, -0.05) is 34.1 Å². The van der Waals surface area contributed by atoms with Crippen LogP contribution in [0.3, 0.4) is 0 Å². The molecule has 4 heteroatoms. The van der Waals surface area contributed by atoms with E-state index in [-0.39, 0.29) is 18.1 Å². The van der Waals surface area contributed by atoms with Crippen molar-refractivity contribution in [3.63, 3.8) is 0 Å². The lowest BCUT2D eigenvalue weighted by atomic mass is 10.1. The summed E-state index contributed by atoms with van der Waals surface area (Å²) in [6, 6.07) is 7.95. The van der Waals surface area contributed by atoms with Gasteiger partial charge in [0.1, 0.15) is 12.1 Å².